The van der Waals surface area contributed by atoms with Crippen molar-refractivity contribution < 1.29 is 0 Å². The highest BCUT2D eigenvalue weighted by molar-refractivity contribution is 6.36. The minimum absolute atomic E-state index is 0.461. The molecule has 3 rings (SSSR count). The van der Waals surface area contributed by atoms with Crippen LogP contribution in [0.3, 0.4) is 0 Å². The fraction of sp³-hybridized carbons (Fsp3) is 0.364. The first-order valence-corrected chi connectivity index (χ1v) is 5.80. The summed E-state index contributed by atoms with van der Waals surface area (Å²) in [6.07, 6.45) is 4.74. The number of aromatic nitrogens is 2. The summed E-state index contributed by atoms with van der Waals surface area (Å²) in [6.45, 7) is 1.07. The molecule has 2 heterocycles. The third-order valence-corrected chi connectivity index (χ3v) is 3.32. The third kappa shape index (κ3) is 1.72. The minimum Gasteiger partial charge on any atom is -0.347 e. The monoisotopic (exact) mass is 240 g/mol. The van der Waals surface area contributed by atoms with Crippen molar-refractivity contribution in [2.75, 3.05) is 0 Å². The molecule has 78 valence electrons. The predicted octanol–water partition coefficient (Wildman–Crippen LogP) is 3.75. The smallest absolute Gasteiger partial charge is 0.140 e. The van der Waals surface area contributed by atoms with Gasteiger partial charge in [0.15, 0.2) is 0 Å². The highest BCUT2D eigenvalue weighted by atomic mass is 35.5. The molecule has 1 saturated carbocycles. The molecule has 0 atom stereocenters. The Morgan fingerprint density at radius 1 is 1.40 bits per heavy atom. The van der Waals surface area contributed by atoms with Gasteiger partial charge in [-0.2, -0.15) is 0 Å². The number of halogens is 2. The zero-order chi connectivity index (χ0) is 10.4. The number of fused-ring (bicyclic) bond motifs is 1. The van der Waals surface area contributed by atoms with E-state index in [2.05, 4.69) is 15.7 Å². The first kappa shape index (κ1) is 9.49. The topological polar surface area (TPSA) is 17.8 Å². The summed E-state index contributed by atoms with van der Waals surface area (Å²) in [7, 11) is 0. The van der Waals surface area contributed by atoms with Gasteiger partial charge in [-0.3, -0.25) is 0 Å². The van der Waals surface area contributed by atoms with Crippen LogP contribution >= 0.6 is 23.2 Å². The lowest BCUT2D eigenvalue weighted by Gasteiger charge is -2.04. The molecule has 4 heteroatoms. The molecule has 0 radical (unpaired) electrons. The summed E-state index contributed by atoms with van der Waals surface area (Å²) in [5.74, 6) is 0.839. The van der Waals surface area contributed by atoms with Crippen LogP contribution in [0.15, 0.2) is 18.3 Å². The van der Waals surface area contributed by atoms with Crippen molar-refractivity contribution in [2.45, 2.75) is 19.4 Å². The molecule has 0 N–H and O–H groups in total. The second-order valence-electron chi connectivity index (χ2n) is 4.08. The van der Waals surface area contributed by atoms with E-state index in [-0.39, 0.29) is 0 Å². The van der Waals surface area contributed by atoms with Crippen molar-refractivity contribution in [3.05, 3.63) is 28.6 Å². The second kappa shape index (κ2) is 3.39. The molecule has 1 aliphatic rings. The van der Waals surface area contributed by atoms with Crippen LogP contribution in [0.25, 0.3) is 10.9 Å². The predicted molar refractivity (Wildman–Crippen MR) is 62.5 cm³/mol. The van der Waals surface area contributed by atoms with Crippen LogP contribution in [-0.4, -0.2) is 9.55 Å². The maximum Gasteiger partial charge on any atom is 0.140 e. The second-order valence-corrected chi connectivity index (χ2v) is 4.83. The Balaban J connectivity index is 2.14. The summed E-state index contributed by atoms with van der Waals surface area (Å²) in [6, 6.07) is 3.88. The van der Waals surface area contributed by atoms with Gasteiger partial charge < -0.3 is 4.57 Å². The van der Waals surface area contributed by atoms with Gasteiger partial charge in [-0.25, -0.2) is 4.98 Å². The van der Waals surface area contributed by atoms with E-state index in [0.717, 1.165) is 23.4 Å². The van der Waals surface area contributed by atoms with Gasteiger partial charge in [0.1, 0.15) is 10.3 Å². The van der Waals surface area contributed by atoms with Gasteiger partial charge in [0.25, 0.3) is 0 Å². The average molecular weight is 241 g/mol. The molecule has 1 fully saturated rings. The van der Waals surface area contributed by atoms with E-state index in [1.54, 1.807) is 0 Å². The van der Waals surface area contributed by atoms with E-state index < -0.39 is 0 Å². The zero-order valence-electron chi connectivity index (χ0n) is 8.08. The van der Waals surface area contributed by atoms with Crippen LogP contribution < -0.4 is 0 Å². The van der Waals surface area contributed by atoms with E-state index in [4.69, 9.17) is 23.2 Å². The van der Waals surface area contributed by atoms with Gasteiger partial charge >= 0.3 is 0 Å². The van der Waals surface area contributed by atoms with Crippen LogP contribution in [0.4, 0.5) is 0 Å². The standard InChI is InChI=1S/C11H10Cl2N2/c12-10-5-9-8(11(13)14-10)3-4-15(9)6-7-1-2-7/h3-5,7H,1-2,6H2. The highest BCUT2D eigenvalue weighted by Gasteiger charge is 2.22. The molecular weight excluding hydrogens is 231 g/mol. The number of hydrogen-bond donors (Lipinski definition) is 0. The van der Waals surface area contributed by atoms with Gasteiger partial charge in [-0.05, 0) is 30.9 Å². The first-order valence-electron chi connectivity index (χ1n) is 5.05. The van der Waals surface area contributed by atoms with Gasteiger partial charge in [0.2, 0.25) is 0 Å². The van der Waals surface area contributed by atoms with Crippen LogP contribution in [-0.2, 0) is 6.54 Å². The summed E-state index contributed by atoms with van der Waals surface area (Å²) in [5, 5.41) is 1.94. The van der Waals surface area contributed by atoms with Crippen LogP contribution in [0, 0.1) is 5.92 Å². The lowest BCUT2D eigenvalue weighted by atomic mass is 10.3. The summed E-state index contributed by atoms with van der Waals surface area (Å²) in [5.41, 5.74) is 1.09. The van der Waals surface area contributed by atoms with E-state index in [1.165, 1.54) is 12.8 Å². The van der Waals surface area contributed by atoms with Crippen molar-refractivity contribution in [1.82, 2.24) is 9.55 Å². The Morgan fingerprint density at radius 2 is 2.20 bits per heavy atom. The molecule has 2 nitrogen and oxygen atoms in total. The van der Waals surface area contributed by atoms with Crippen molar-refractivity contribution in [1.29, 1.82) is 0 Å². The van der Waals surface area contributed by atoms with Gasteiger partial charge in [-0.15, -0.1) is 0 Å². The molecule has 0 aromatic carbocycles. The molecule has 0 unspecified atom stereocenters. The Bertz CT molecular complexity index is 515. The summed E-state index contributed by atoms with van der Waals surface area (Å²) < 4.78 is 2.21. The number of pyridine rings is 1. The van der Waals surface area contributed by atoms with E-state index in [0.29, 0.717) is 10.3 Å². The van der Waals surface area contributed by atoms with Gasteiger partial charge in [0, 0.05) is 18.1 Å². The fourth-order valence-electron chi connectivity index (χ4n) is 1.86. The Morgan fingerprint density at radius 3 is 2.93 bits per heavy atom. The lowest BCUT2D eigenvalue weighted by Crippen LogP contribution is -1.97. The molecule has 0 saturated heterocycles. The number of rotatable bonds is 2. The number of nitrogens with zero attached hydrogens (tertiary/aromatic N) is 2. The van der Waals surface area contributed by atoms with E-state index in [1.807, 2.05) is 12.1 Å². The minimum atomic E-state index is 0.461. The van der Waals surface area contributed by atoms with Crippen molar-refractivity contribution in [3.63, 3.8) is 0 Å². The quantitative estimate of drug-likeness (QED) is 0.732. The summed E-state index contributed by atoms with van der Waals surface area (Å²) in [4.78, 5) is 4.03. The molecule has 2 aromatic heterocycles. The normalized spacial score (nSPS) is 16.1. The highest BCUT2D eigenvalue weighted by Crippen LogP contribution is 2.33. The maximum absolute atomic E-state index is 6.02. The molecule has 0 spiro atoms. The van der Waals surface area contributed by atoms with Crippen LogP contribution in [0.5, 0.6) is 0 Å². The van der Waals surface area contributed by atoms with Crippen molar-refractivity contribution in [2.24, 2.45) is 5.92 Å². The molecule has 2 aromatic rings. The number of hydrogen-bond acceptors (Lipinski definition) is 1. The lowest BCUT2D eigenvalue weighted by molar-refractivity contribution is 0.647. The van der Waals surface area contributed by atoms with Crippen molar-refractivity contribution >= 4 is 34.1 Å². The zero-order valence-corrected chi connectivity index (χ0v) is 9.59. The van der Waals surface area contributed by atoms with Crippen molar-refractivity contribution in [3.8, 4) is 0 Å². The van der Waals surface area contributed by atoms with E-state index >= 15 is 0 Å². The first-order chi connectivity index (χ1) is 7.24. The molecule has 0 aliphatic heterocycles. The Kier molecular flexibility index (Phi) is 2.15. The molecule has 15 heavy (non-hydrogen) atoms. The maximum atomic E-state index is 6.02. The van der Waals surface area contributed by atoms with E-state index in [9.17, 15) is 0 Å². The van der Waals surface area contributed by atoms with Crippen LogP contribution in [0.1, 0.15) is 12.8 Å². The Hall–Kier alpha value is -0.730. The largest absolute Gasteiger partial charge is 0.347 e. The van der Waals surface area contributed by atoms with Gasteiger partial charge in [0.05, 0.1) is 5.52 Å². The Labute approximate surface area is 97.8 Å². The molecule has 0 amide bonds. The molecule has 0 bridgehead atoms. The third-order valence-electron chi connectivity index (χ3n) is 2.84. The molecular formula is C11H10Cl2N2. The average Bonchev–Trinajstić information content (AvgIpc) is 2.89. The summed E-state index contributed by atoms with van der Waals surface area (Å²) >= 11 is 11.9. The van der Waals surface area contributed by atoms with Crippen LogP contribution in [0.2, 0.25) is 10.3 Å². The SMILES string of the molecule is Clc1cc2c(ccn2CC2CC2)c(Cl)n1. The van der Waals surface area contributed by atoms with Gasteiger partial charge in [-0.1, -0.05) is 23.2 Å². The fourth-order valence-corrected chi connectivity index (χ4v) is 2.34. The molecule has 1 aliphatic carbocycles.